The topological polar surface area (TPSA) is 18.8 Å². The molecule has 0 saturated carbocycles. The third-order valence-electron chi connectivity index (χ3n) is 3.44. The molecule has 0 aliphatic carbocycles. The second kappa shape index (κ2) is 7.90. The van der Waals surface area contributed by atoms with Crippen molar-refractivity contribution in [2.45, 2.75) is 33.1 Å². The van der Waals surface area contributed by atoms with Gasteiger partial charge in [-0.3, -0.25) is 0 Å². The highest BCUT2D eigenvalue weighted by atomic mass is 79.9. The molecule has 1 aromatic carbocycles. The van der Waals surface area contributed by atoms with Gasteiger partial charge in [-0.2, -0.15) is 5.10 Å². The highest BCUT2D eigenvalue weighted by molar-refractivity contribution is 9.10. The SMILES string of the molecule is CCCN(CCC)C(=S)N1CCC(c2cccc(Br)c2)=N1. The summed E-state index contributed by atoms with van der Waals surface area (Å²) in [5.74, 6) is 0. The number of hydrogen-bond acceptors (Lipinski definition) is 2. The van der Waals surface area contributed by atoms with Gasteiger partial charge in [0.1, 0.15) is 0 Å². The van der Waals surface area contributed by atoms with E-state index in [-0.39, 0.29) is 0 Å². The Morgan fingerprint density at radius 1 is 1.33 bits per heavy atom. The van der Waals surface area contributed by atoms with Crippen LogP contribution < -0.4 is 0 Å². The molecule has 0 unspecified atom stereocenters. The first-order valence-corrected chi connectivity index (χ1v) is 8.75. The van der Waals surface area contributed by atoms with Gasteiger partial charge in [0.2, 0.25) is 0 Å². The smallest absolute Gasteiger partial charge is 0.192 e. The van der Waals surface area contributed by atoms with Gasteiger partial charge in [0.25, 0.3) is 0 Å². The van der Waals surface area contributed by atoms with Gasteiger partial charge in [0.15, 0.2) is 5.11 Å². The summed E-state index contributed by atoms with van der Waals surface area (Å²) in [7, 11) is 0. The van der Waals surface area contributed by atoms with Crippen LogP contribution in [0.1, 0.15) is 38.7 Å². The third kappa shape index (κ3) is 4.27. The van der Waals surface area contributed by atoms with E-state index in [9.17, 15) is 0 Å². The van der Waals surface area contributed by atoms with Gasteiger partial charge in [-0.1, -0.05) is 41.9 Å². The van der Waals surface area contributed by atoms with E-state index in [1.54, 1.807) is 0 Å². The maximum absolute atomic E-state index is 5.63. The summed E-state index contributed by atoms with van der Waals surface area (Å²) in [6, 6.07) is 8.29. The molecule has 1 aromatic rings. The van der Waals surface area contributed by atoms with E-state index < -0.39 is 0 Å². The van der Waals surface area contributed by atoms with E-state index in [1.165, 1.54) is 5.56 Å². The molecule has 1 aliphatic heterocycles. The second-order valence-corrected chi connectivity index (χ2v) is 6.48. The Balaban J connectivity index is 2.10. The number of hydrogen-bond donors (Lipinski definition) is 0. The van der Waals surface area contributed by atoms with Gasteiger partial charge in [0.05, 0.1) is 5.71 Å². The summed E-state index contributed by atoms with van der Waals surface area (Å²) in [5, 5.41) is 7.58. The molecule has 1 heterocycles. The predicted octanol–water partition coefficient (Wildman–Crippen LogP) is 4.27. The van der Waals surface area contributed by atoms with Crippen molar-refractivity contribution in [2.24, 2.45) is 5.10 Å². The zero-order chi connectivity index (χ0) is 15.2. The lowest BCUT2D eigenvalue weighted by atomic mass is 10.1. The van der Waals surface area contributed by atoms with Crippen molar-refractivity contribution >= 4 is 39.0 Å². The molecule has 114 valence electrons. The summed E-state index contributed by atoms with van der Waals surface area (Å²) in [5.41, 5.74) is 2.29. The van der Waals surface area contributed by atoms with Gasteiger partial charge in [-0.05, 0) is 42.8 Å². The van der Waals surface area contributed by atoms with E-state index >= 15 is 0 Å². The molecule has 0 bridgehead atoms. The number of thiocarbonyl (C=S) groups is 1. The molecule has 5 heteroatoms. The standard InChI is InChI=1S/C16H22BrN3S/c1-3-9-19(10-4-2)16(21)20-11-8-15(18-20)13-6-5-7-14(17)12-13/h5-7,12H,3-4,8-11H2,1-2H3. The minimum Gasteiger partial charge on any atom is -0.348 e. The molecule has 3 nitrogen and oxygen atoms in total. The van der Waals surface area contributed by atoms with Crippen LogP contribution in [0.2, 0.25) is 0 Å². The number of hydrazone groups is 1. The van der Waals surface area contributed by atoms with Crippen molar-refractivity contribution in [1.82, 2.24) is 9.91 Å². The number of benzene rings is 1. The second-order valence-electron chi connectivity index (χ2n) is 5.20. The molecule has 0 aromatic heterocycles. The van der Waals surface area contributed by atoms with Crippen LogP contribution in [0.5, 0.6) is 0 Å². The van der Waals surface area contributed by atoms with Crippen LogP contribution in [0.4, 0.5) is 0 Å². The number of rotatable bonds is 5. The minimum atomic E-state index is 0.865. The fourth-order valence-corrected chi connectivity index (χ4v) is 3.19. The highest BCUT2D eigenvalue weighted by Crippen LogP contribution is 2.19. The zero-order valence-electron chi connectivity index (χ0n) is 12.7. The first-order valence-electron chi connectivity index (χ1n) is 7.55. The van der Waals surface area contributed by atoms with Gasteiger partial charge in [0, 0.05) is 30.5 Å². The van der Waals surface area contributed by atoms with Crippen LogP contribution >= 0.6 is 28.1 Å². The van der Waals surface area contributed by atoms with Crippen LogP contribution in [0.25, 0.3) is 0 Å². The van der Waals surface area contributed by atoms with Crippen molar-refractivity contribution < 1.29 is 0 Å². The van der Waals surface area contributed by atoms with Gasteiger partial charge < -0.3 is 4.90 Å². The Bertz CT molecular complexity index is 524. The summed E-state index contributed by atoms with van der Waals surface area (Å²) >= 11 is 9.15. The average Bonchev–Trinajstić information content (AvgIpc) is 2.96. The van der Waals surface area contributed by atoms with Crippen LogP contribution in [0.15, 0.2) is 33.8 Å². The first kappa shape index (κ1) is 16.4. The molecule has 0 N–H and O–H groups in total. The summed E-state index contributed by atoms with van der Waals surface area (Å²) in [4.78, 5) is 2.27. The van der Waals surface area contributed by atoms with Crippen LogP contribution in [0.3, 0.4) is 0 Å². The Morgan fingerprint density at radius 3 is 2.67 bits per heavy atom. The van der Waals surface area contributed by atoms with E-state index in [2.05, 4.69) is 46.8 Å². The van der Waals surface area contributed by atoms with Gasteiger partial charge in [-0.25, -0.2) is 5.01 Å². The van der Waals surface area contributed by atoms with E-state index in [0.717, 1.165) is 54.2 Å². The molecule has 0 fully saturated rings. The predicted molar refractivity (Wildman–Crippen MR) is 96.8 cm³/mol. The van der Waals surface area contributed by atoms with E-state index in [0.29, 0.717) is 0 Å². The number of nitrogens with zero attached hydrogens (tertiary/aromatic N) is 3. The van der Waals surface area contributed by atoms with Crippen molar-refractivity contribution in [3.63, 3.8) is 0 Å². The summed E-state index contributed by atoms with van der Waals surface area (Å²) < 4.78 is 1.09. The van der Waals surface area contributed by atoms with Crippen molar-refractivity contribution in [3.05, 3.63) is 34.3 Å². The largest absolute Gasteiger partial charge is 0.348 e. The van der Waals surface area contributed by atoms with Gasteiger partial charge in [-0.15, -0.1) is 0 Å². The molecular formula is C16H22BrN3S. The lowest BCUT2D eigenvalue weighted by Gasteiger charge is -2.28. The fourth-order valence-electron chi connectivity index (χ4n) is 2.47. The summed E-state index contributed by atoms with van der Waals surface area (Å²) in [6.45, 7) is 7.26. The van der Waals surface area contributed by atoms with Crippen LogP contribution in [-0.2, 0) is 0 Å². The van der Waals surface area contributed by atoms with Crippen LogP contribution in [-0.4, -0.2) is 40.4 Å². The molecule has 1 aliphatic rings. The van der Waals surface area contributed by atoms with Crippen LogP contribution in [0, 0.1) is 0 Å². The molecule has 0 spiro atoms. The molecule has 2 rings (SSSR count). The molecule has 0 amide bonds. The van der Waals surface area contributed by atoms with Gasteiger partial charge >= 0.3 is 0 Å². The minimum absolute atomic E-state index is 0.865. The van der Waals surface area contributed by atoms with Crippen molar-refractivity contribution in [1.29, 1.82) is 0 Å². The van der Waals surface area contributed by atoms with E-state index in [1.807, 2.05) is 17.1 Å². The van der Waals surface area contributed by atoms with Crippen molar-refractivity contribution in [2.75, 3.05) is 19.6 Å². The third-order valence-corrected chi connectivity index (χ3v) is 4.40. The fraction of sp³-hybridized carbons (Fsp3) is 0.500. The maximum Gasteiger partial charge on any atom is 0.192 e. The average molecular weight is 368 g/mol. The molecule has 0 radical (unpaired) electrons. The maximum atomic E-state index is 5.63. The Morgan fingerprint density at radius 2 is 2.05 bits per heavy atom. The number of halogens is 1. The Labute approximate surface area is 141 Å². The lowest BCUT2D eigenvalue weighted by molar-refractivity contribution is 0.348. The quantitative estimate of drug-likeness (QED) is 0.724. The molecule has 21 heavy (non-hydrogen) atoms. The first-order chi connectivity index (χ1) is 10.2. The Kier molecular flexibility index (Phi) is 6.18. The van der Waals surface area contributed by atoms with Crippen molar-refractivity contribution in [3.8, 4) is 0 Å². The summed E-state index contributed by atoms with van der Waals surface area (Å²) in [6.07, 6.45) is 3.16. The van der Waals surface area contributed by atoms with E-state index in [4.69, 9.17) is 17.3 Å². The zero-order valence-corrected chi connectivity index (χ0v) is 15.1. The highest BCUT2D eigenvalue weighted by Gasteiger charge is 2.22. The monoisotopic (exact) mass is 367 g/mol. The Hall–Kier alpha value is -0.940. The molecular weight excluding hydrogens is 346 g/mol. The molecule has 0 atom stereocenters. The normalized spacial score (nSPS) is 14.2. The molecule has 0 saturated heterocycles. The lowest BCUT2D eigenvalue weighted by Crippen LogP contribution is -2.40.